The number of rotatable bonds is 5. The lowest BCUT2D eigenvalue weighted by Gasteiger charge is -2.07. The van der Waals surface area contributed by atoms with E-state index in [9.17, 15) is 18.4 Å². The molecule has 120 valence electrons. The molecule has 2 aromatic rings. The Morgan fingerprint density at radius 3 is 2.30 bits per heavy atom. The molecule has 0 radical (unpaired) electrons. The lowest BCUT2D eigenvalue weighted by molar-refractivity contribution is -0.132. The van der Waals surface area contributed by atoms with Crippen molar-refractivity contribution in [2.75, 3.05) is 5.32 Å². The average molecular weight is 321 g/mol. The molecule has 2 rings (SSSR count). The van der Waals surface area contributed by atoms with E-state index in [0.717, 1.165) is 5.56 Å². The van der Waals surface area contributed by atoms with Crippen LogP contribution in [-0.2, 0) is 11.3 Å². The minimum atomic E-state index is -3.21. The van der Waals surface area contributed by atoms with Crippen molar-refractivity contribution in [2.24, 2.45) is 0 Å². The molecule has 7 nitrogen and oxygen atoms in total. The summed E-state index contributed by atoms with van der Waals surface area (Å²) < 4.78 is 23.9. The Kier molecular flexibility index (Phi) is 5.50. The van der Waals surface area contributed by atoms with Gasteiger partial charge in [-0.1, -0.05) is 30.3 Å². The van der Waals surface area contributed by atoms with Crippen LogP contribution >= 0.6 is 0 Å². The first kappa shape index (κ1) is 16.3. The topological polar surface area (TPSA) is 96.0 Å². The molecule has 9 heteroatoms. The SMILES string of the molecule is O=C(NNC(=O)C(F)F)c1cnc(NCc2ccccc2)nc1. The maximum Gasteiger partial charge on any atom is 0.317 e. The molecule has 1 aromatic heterocycles. The van der Waals surface area contributed by atoms with Crippen LogP contribution in [0.4, 0.5) is 14.7 Å². The van der Waals surface area contributed by atoms with Crippen LogP contribution in [0, 0.1) is 0 Å². The predicted octanol–water partition coefficient (Wildman–Crippen LogP) is 1.11. The summed E-state index contributed by atoms with van der Waals surface area (Å²) in [6, 6.07) is 9.57. The molecule has 0 aliphatic heterocycles. The third-order valence-corrected chi connectivity index (χ3v) is 2.70. The number of anilines is 1. The molecule has 0 saturated carbocycles. The molecule has 0 atom stereocenters. The molecule has 23 heavy (non-hydrogen) atoms. The van der Waals surface area contributed by atoms with Crippen LogP contribution in [0.1, 0.15) is 15.9 Å². The van der Waals surface area contributed by atoms with Gasteiger partial charge in [-0.15, -0.1) is 0 Å². The van der Waals surface area contributed by atoms with Gasteiger partial charge in [0.05, 0.1) is 5.56 Å². The Balaban J connectivity index is 1.86. The van der Waals surface area contributed by atoms with Crippen LogP contribution < -0.4 is 16.2 Å². The zero-order valence-corrected chi connectivity index (χ0v) is 11.8. The van der Waals surface area contributed by atoms with Gasteiger partial charge in [0.1, 0.15) is 0 Å². The van der Waals surface area contributed by atoms with Gasteiger partial charge in [0.25, 0.3) is 5.91 Å². The summed E-state index contributed by atoms with van der Waals surface area (Å²) in [5.41, 5.74) is 4.47. The Labute approximate surface area is 130 Å². The number of aromatic nitrogens is 2. The summed E-state index contributed by atoms with van der Waals surface area (Å²) in [6.07, 6.45) is -0.787. The van der Waals surface area contributed by atoms with Crippen LogP contribution in [0.15, 0.2) is 42.7 Å². The standard InChI is InChI=1S/C14H13F2N5O2/c15-11(16)13(23)21-20-12(22)10-7-18-14(19-8-10)17-6-9-4-2-1-3-5-9/h1-5,7-8,11H,6H2,(H,20,22)(H,21,23)(H,17,18,19). The van der Waals surface area contributed by atoms with Crippen molar-refractivity contribution in [3.8, 4) is 0 Å². The Morgan fingerprint density at radius 2 is 1.70 bits per heavy atom. The number of alkyl halides is 2. The van der Waals surface area contributed by atoms with Crippen LogP contribution in [0.5, 0.6) is 0 Å². The normalized spacial score (nSPS) is 10.2. The first-order valence-corrected chi connectivity index (χ1v) is 6.54. The molecule has 0 aliphatic rings. The summed E-state index contributed by atoms with van der Waals surface area (Å²) in [5, 5.41) is 2.97. The Hall–Kier alpha value is -3.10. The maximum atomic E-state index is 12.0. The molecular formula is C14H13F2N5O2. The number of hydrazine groups is 1. The van der Waals surface area contributed by atoms with Crippen molar-refractivity contribution in [1.82, 2.24) is 20.8 Å². The van der Waals surface area contributed by atoms with Gasteiger partial charge in [0.2, 0.25) is 5.95 Å². The third kappa shape index (κ3) is 4.99. The number of benzene rings is 1. The van der Waals surface area contributed by atoms with Gasteiger partial charge < -0.3 is 5.32 Å². The van der Waals surface area contributed by atoms with Gasteiger partial charge in [0, 0.05) is 18.9 Å². The van der Waals surface area contributed by atoms with Gasteiger partial charge in [-0.3, -0.25) is 20.4 Å². The zero-order valence-electron chi connectivity index (χ0n) is 11.8. The van der Waals surface area contributed by atoms with Crippen LogP contribution in [-0.4, -0.2) is 28.2 Å². The fourth-order valence-electron chi connectivity index (χ4n) is 1.56. The number of hydrogen-bond acceptors (Lipinski definition) is 5. The predicted molar refractivity (Wildman–Crippen MR) is 77.4 cm³/mol. The van der Waals surface area contributed by atoms with E-state index >= 15 is 0 Å². The van der Waals surface area contributed by atoms with Crippen LogP contribution in [0.3, 0.4) is 0 Å². The number of nitrogens with one attached hydrogen (secondary N) is 3. The van der Waals surface area contributed by atoms with E-state index in [1.165, 1.54) is 12.4 Å². The van der Waals surface area contributed by atoms with Gasteiger partial charge >= 0.3 is 12.3 Å². The van der Waals surface area contributed by atoms with Crippen LogP contribution in [0.25, 0.3) is 0 Å². The monoisotopic (exact) mass is 321 g/mol. The van der Waals surface area contributed by atoms with E-state index in [1.807, 2.05) is 35.8 Å². The van der Waals surface area contributed by atoms with E-state index in [2.05, 4.69) is 15.3 Å². The molecule has 0 bridgehead atoms. The quantitative estimate of drug-likeness (QED) is 0.717. The zero-order chi connectivity index (χ0) is 16.7. The average Bonchev–Trinajstić information content (AvgIpc) is 2.58. The highest BCUT2D eigenvalue weighted by atomic mass is 19.3. The second kappa shape index (κ2) is 7.78. The highest BCUT2D eigenvalue weighted by molar-refractivity contribution is 5.95. The molecule has 1 heterocycles. The second-order valence-electron chi connectivity index (χ2n) is 4.38. The van der Waals surface area contributed by atoms with Crippen LogP contribution in [0.2, 0.25) is 0 Å². The number of hydrogen-bond donors (Lipinski definition) is 3. The summed E-state index contributed by atoms with van der Waals surface area (Å²) in [6.45, 7) is 0.511. The van der Waals surface area contributed by atoms with Crippen molar-refractivity contribution < 1.29 is 18.4 Å². The highest BCUT2D eigenvalue weighted by Crippen LogP contribution is 2.04. The molecule has 3 N–H and O–H groups in total. The summed E-state index contributed by atoms with van der Waals surface area (Å²) in [4.78, 5) is 30.1. The van der Waals surface area contributed by atoms with Crippen molar-refractivity contribution >= 4 is 17.8 Å². The first-order chi connectivity index (χ1) is 11.1. The molecule has 0 saturated heterocycles. The smallest absolute Gasteiger partial charge is 0.317 e. The van der Waals surface area contributed by atoms with E-state index in [-0.39, 0.29) is 5.56 Å². The van der Waals surface area contributed by atoms with Gasteiger partial charge in [0.15, 0.2) is 0 Å². The lowest BCUT2D eigenvalue weighted by atomic mass is 10.2. The molecule has 0 unspecified atom stereocenters. The maximum absolute atomic E-state index is 12.0. The minimum absolute atomic E-state index is 0.0184. The van der Waals surface area contributed by atoms with E-state index in [1.54, 1.807) is 5.43 Å². The van der Waals surface area contributed by atoms with E-state index < -0.39 is 18.2 Å². The Bertz CT molecular complexity index is 665. The molecule has 1 aromatic carbocycles. The number of halogens is 2. The molecule has 0 fully saturated rings. The summed E-state index contributed by atoms with van der Waals surface area (Å²) in [5.74, 6) is -2.09. The summed E-state index contributed by atoms with van der Waals surface area (Å²) in [7, 11) is 0. The second-order valence-corrected chi connectivity index (χ2v) is 4.38. The number of nitrogens with zero attached hydrogens (tertiary/aromatic N) is 2. The van der Waals surface area contributed by atoms with Crippen molar-refractivity contribution in [2.45, 2.75) is 13.0 Å². The Morgan fingerprint density at radius 1 is 1.04 bits per heavy atom. The van der Waals surface area contributed by atoms with E-state index in [4.69, 9.17) is 0 Å². The molecule has 2 amide bonds. The molecule has 0 spiro atoms. The highest BCUT2D eigenvalue weighted by Gasteiger charge is 2.16. The van der Waals surface area contributed by atoms with Gasteiger partial charge in [-0.2, -0.15) is 8.78 Å². The fourth-order valence-corrected chi connectivity index (χ4v) is 1.56. The molecular weight excluding hydrogens is 308 g/mol. The number of amides is 2. The van der Waals surface area contributed by atoms with Crippen molar-refractivity contribution in [3.05, 3.63) is 53.9 Å². The third-order valence-electron chi connectivity index (χ3n) is 2.70. The molecule has 0 aliphatic carbocycles. The minimum Gasteiger partial charge on any atom is -0.350 e. The summed E-state index contributed by atoms with van der Waals surface area (Å²) >= 11 is 0. The van der Waals surface area contributed by atoms with Gasteiger partial charge in [-0.25, -0.2) is 9.97 Å². The van der Waals surface area contributed by atoms with Gasteiger partial charge in [-0.05, 0) is 5.56 Å². The fraction of sp³-hybridized carbons (Fsp3) is 0.143. The number of carbonyl (C=O) groups excluding carboxylic acids is 2. The largest absolute Gasteiger partial charge is 0.350 e. The lowest BCUT2D eigenvalue weighted by Crippen LogP contribution is -2.44. The van der Waals surface area contributed by atoms with E-state index in [0.29, 0.717) is 12.5 Å². The van der Waals surface area contributed by atoms with Crippen molar-refractivity contribution in [3.63, 3.8) is 0 Å². The number of carbonyl (C=O) groups is 2. The first-order valence-electron chi connectivity index (χ1n) is 6.54. The van der Waals surface area contributed by atoms with Crippen molar-refractivity contribution in [1.29, 1.82) is 0 Å².